The Morgan fingerprint density at radius 1 is 1.00 bits per heavy atom. The van der Waals surface area contributed by atoms with Gasteiger partial charge in [-0.15, -0.1) is 0 Å². The van der Waals surface area contributed by atoms with Gasteiger partial charge in [0.25, 0.3) is 5.91 Å². The van der Waals surface area contributed by atoms with Crippen LogP contribution in [0.15, 0.2) is 30.3 Å². The number of ether oxygens (including phenoxy) is 2. The van der Waals surface area contributed by atoms with Crippen molar-refractivity contribution < 1.29 is 41.4 Å². The van der Waals surface area contributed by atoms with Gasteiger partial charge in [-0.3, -0.25) is 14.4 Å². The summed E-state index contributed by atoms with van der Waals surface area (Å²) in [7, 11) is 0. The molecule has 3 saturated carbocycles. The van der Waals surface area contributed by atoms with Gasteiger partial charge in [0.1, 0.15) is 11.5 Å². The number of hydrogen-bond donors (Lipinski definition) is 1. The molecule has 2 aromatic carbocycles. The van der Waals surface area contributed by atoms with Crippen molar-refractivity contribution in [2.75, 3.05) is 6.61 Å². The van der Waals surface area contributed by atoms with Crippen LogP contribution in [0.4, 0.5) is 17.6 Å². The van der Waals surface area contributed by atoms with Crippen LogP contribution in [0.3, 0.4) is 0 Å². The molecule has 0 aromatic heterocycles. The van der Waals surface area contributed by atoms with Crippen LogP contribution in [-0.4, -0.2) is 35.7 Å². The molecule has 1 atom stereocenters. The smallest absolute Gasteiger partial charge is 0.258 e. The first-order chi connectivity index (χ1) is 16.1. The second-order valence-electron chi connectivity index (χ2n) is 9.36. The van der Waals surface area contributed by atoms with E-state index >= 15 is 0 Å². The molecule has 0 spiro atoms. The Kier molecular flexibility index (Phi) is 5.14. The molecule has 2 bridgehead atoms. The maximum absolute atomic E-state index is 13.5. The van der Waals surface area contributed by atoms with E-state index in [0.29, 0.717) is 19.3 Å². The normalized spacial score (nSPS) is 26.5. The number of hydrogen-bond acceptors (Lipinski definition) is 5. The highest BCUT2D eigenvalue weighted by Gasteiger charge is 2.68. The van der Waals surface area contributed by atoms with Gasteiger partial charge in [-0.05, 0) is 42.9 Å². The fraction of sp³-hybridized carbons (Fsp3) is 0.375. The molecule has 2 aromatic rings. The Balaban J connectivity index is 1.11. The van der Waals surface area contributed by atoms with Crippen molar-refractivity contribution in [2.24, 2.45) is 5.41 Å². The minimum absolute atomic E-state index is 0.0277. The van der Waals surface area contributed by atoms with E-state index in [4.69, 9.17) is 9.47 Å². The van der Waals surface area contributed by atoms with Crippen molar-refractivity contribution in [3.05, 3.63) is 59.2 Å². The monoisotopic (exact) mass is 477 g/mol. The predicted molar refractivity (Wildman–Crippen MR) is 108 cm³/mol. The van der Waals surface area contributed by atoms with E-state index in [1.54, 1.807) is 0 Å². The van der Waals surface area contributed by atoms with Gasteiger partial charge in [0, 0.05) is 24.1 Å². The van der Waals surface area contributed by atoms with E-state index < -0.39 is 46.6 Å². The Morgan fingerprint density at radius 2 is 1.68 bits per heavy atom. The summed E-state index contributed by atoms with van der Waals surface area (Å²) in [5.41, 5.74) is -0.821. The Labute approximate surface area is 191 Å². The fourth-order valence-corrected chi connectivity index (χ4v) is 5.35. The van der Waals surface area contributed by atoms with Gasteiger partial charge in [0.15, 0.2) is 47.5 Å². The Morgan fingerprint density at radius 3 is 2.38 bits per heavy atom. The molecule has 34 heavy (non-hydrogen) atoms. The van der Waals surface area contributed by atoms with E-state index in [0.717, 1.165) is 24.3 Å². The summed E-state index contributed by atoms with van der Waals surface area (Å²) >= 11 is 0. The first kappa shape index (κ1) is 22.4. The minimum atomic E-state index is -1.16. The molecule has 0 saturated heterocycles. The largest absolute Gasteiger partial charge is 0.484 e. The lowest BCUT2D eigenvalue weighted by Crippen LogP contribution is -2.75. The number of rotatable bonds is 7. The van der Waals surface area contributed by atoms with Gasteiger partial charge in [0.05, 0.1) is 12.0 Å². The average molecular weight is 477 g/mol. The van der Waals surface area contributed by atoms with E-state index in [-0.39, 0.29) is 47.7 Å². The van der Waals surface area contributed by atoms with E-state index in [1.165, 1.54) is 6.07 Å². The van der Waals surface area contributed by atoms with Crippen LogP contribution < -0.4 is 14.8 Å². The zero-order chi connectivity index (χ0) is 24.3. The maximum atomic E-state index is 13.5. The van der Waals surface area contributed by atoms with Crippen molar-refractivity contribution >= 4 is 17.5 Å². The standard InChI is InChI=1S/C24H19F4NO5/c25-14-2-1-12(3-15(14)26)33-8-22(32)29-24-9-23(10-24,11-24)7-19(31)21-6-18(30)13-4-16(27)17(28)5-20(13)34-21/h1-5,21H,6-11H2,(H,29,32)/t21-,23?,24?/m1/s1. The molecule has 1 heterocycles. The summed E-state index contributed by atoms with van der Waals surface area (Å²) in [5, 5.41) is 2.86. The number of halogens is 4. The molecule has 1 N–H and O–H groups in total. The lowest BCUT2D eigenvalue weighted by atomic mass is 9.38. The van der Waals surface area contributed by atoms with Crippen LogP contribution in [0.25, 0.3) is 0 Å². The highest BCUT2D eigenvalue weighted by molar-refractivity contribution is 6.03. The third-order valence-corrected chi connectivity index (χ3v) is 6.68. The molecule has 4 aliphatic rings. The topological polar surface area (TPSA) is 81.7 Å². The molecule has 6 nitrogen and oxygen atoms in total. The zero-order valence-electron chi connectivity index (χ0n) is 17.8. The molecule has 1 amide bonds. The lowest BCUT2D eigenvalue weighted by Gasteiger charge is -2.70. The highest BCUT2D eigenvalue weighted by atomic mass is 19.2. The van der Waals surface area contributed by atoms with Gasteiger partial charge in [-0.25, -0.2) is 17.6 Å². The summed E-state index contributed by atoms with van der Waals surface area (Å²) in [5.74, 6) is -5.73. The summed E-state index contributed by atoms with van der Waals surface area (Å²) in [4.78, 5) is 37.2. The SMILES string of the molecule is O=C(COc1ccc(F)c(F)c1)NC12CC(CC(=O)[C@H]3CC(=O)c4cc(F)c(F)cc4O3)(C1)C2. The van der Waals surface area contributed by atoms with Crippen LogP contribution >= 0.6 is 0 Å². The van der Waals surface area contributed by atoms with Gasteiger partial charge in [-0.2, -0.15) is 0 Å². The third-order valence-electron chi connectivity index (χ3n) is 6.68. The van der Waals surface area contributed by atoms with Crippen molar-refractivity contribution in [3.8, 4) is 11.5 Å². The van der Waals surface area contributed by atoms with E-state index in [9.17, 15) is 31.9 Å². The molecule has 3 fully saturated rings. The Hall–Kier alpha value is -3.43. The number of ketones is 2. The molecule has 6 rings (SSSR count). The van der Waals surface area contributed by atoms with Crippen LogP contribution in [-0.2, 0) is 9.59 Å². The first-order valence-electron chi connectivity index (χ1n) is 10.7. The number of benzene rings is 2. The summed E-state index contributed by atoms with van der Waals surface area (Å²) in [6.07, 6.45) is 0.552. The molecule has 178 valence electrons. The molecule has 3 aliphatic carbocycles. The molecular formula is C24H19F4NO5. The van der Waals surface area contributed by atoms with Crippen molar-refractivity contribution in [2.45, 2.75) is 43.7 Å². The van der Waals surface area contributed by atoms with Crippen LogP contribution in [0.1, 0.15) is 42.5 Å². The molecule has 0 radical (unpaired) electrons. The van der Waals surface area contributed by atoms with Crippen molar-refractivity contribution in [1.29, 1.82) is 0 Å². The second-order valence-corrected chi connectivity index (χ2v) is 9.36. The van der Waals surface area contributed by atoms with Crippen molar-refractivity contribution in [1.82, 2.24) is 5.32 Å². The molecular weight excluding hydrogens is 458 g/mol. The van der Waals surface area contributed by atoms with Gasteiger partial charge < -0.3 is 14.8 Å². The fourth-order valence-electron chi connectivity index (χ4n) is 5.35. The first-order valence-corrected chi connectivity index (χ1v) is 10.7. The number of fused-ring (bicyclic) bond motifs is 1. The van der Waals surface area contributed by atoms with Gasteiger partial charge in [0.2, 0.25) is 0 Å². The average Bonchev–Trinajstić information content (AvgIpc) is 2.73. The highest BCUT2D eigenvalue weighted by Crippen LogP contribution is 2.69. The molecule has 1 aliphatic heterocycles. The van der Waals surface area contributed by atoms with Crippen LogP contribution in [0, 0.1) is 28.7 Å². The molecule has 10 heteroatoms. The van der Waals surface area contributed by atoms with Crippen molar-refractivity contribution in [3.63, 3.8) is 0 Å². The number of carbonyl (C=O) groups is 3. The Bertz CT molecular complexity index is 1210. The lowest BCUT2D eigenvalue weighted by molar-refractivity contribution is -0.175. The summed E-state index contributed by atoms with van der Waals surface area (Å²) in [6.45, 7) is -0.368. The minimum Gasteiger partial charge on any atom is -0.484 e. The number of carbonyl (C=O) groups excluding carboxylic acids is 3. The van der Waals surface area contributed by atoms with Crippen LogP contribution in [0.2, 0.25) is 0 Å². The molecule has 0 unspecified atom stereocenters. The summed E-state index contributed by atoms with van der Waals surface area (Å²) < 4.78 is 63.8. The zero-order valence-corrected chi connectivity index (χ0v) is 17.8. The van der Waals surface area contributed by atoms with E-state index in [2.05, 4.69) is 5.32 Å². The van der Waals surface area contributed by atoms with Gasteiger partial charge >= 0.3 is 0 Å². The third kappa shape index (κ3) is 3.91. The number of amides is 1. The quantitative estimate of drug-likeness (QED) is 0.616. The second kappa shape index (κ2) is 7.82. The van der Waals surface area contributed by atoms with E-state index in [1.807, 2.05) is 0 Å². The maximum Gasteiger partial charge on any atom is 0.258 e. The van der Waals surface area contributed by atoms with Gasteiger partial charge in [-0.1, -0.05) is 0 Å². The predicted octanol–water partition coefficient (Wildman–Crippen LogP) is 3.65. The number of Topliss-reactive ketones (excluding diaryl/α,β-unsaturated/α-hetero) is 2. The number of nitrogens with one attached hydrogen (secondary N) is 1. The summed E-state index contributed by atoms with van der Waals surface area (Å²) in [6, 6.07) is 4.52. The van der Waals surface area contributed by atoms with Crippen LogP contribution in [0.5, 0.6) is 11.5 Å².